The molecule has 0 unspecified atom stereocenters. The Hall–Kier alpha value is -3.29. The number of rotatable bonds is 4. The first-order valence-corrected chi connectivity index (χ1v) is 10.1. The third kappa shape index (κ3) is 3.03. The fourth-order valence-corrected chi connectivity index (χ4v) is 4.94. The molecular formula is C17H12N6O2S2. The van der Waals surface area contributed by atoms with E-state index in [2.05, 4.69) is 31.0 Å². The van der Waals surface area contributed by atoms with Gasteiger partial charge in [-0.2, -0.15) is 23.9 Å². The van der Waals surface area contributed by atoms with Gasteiger partial charge in [-0.05, 0) is 24.6 Å². The minimum absolute atomic E-state index is 0.0601. The van der Waals surface area contributed by atoms with E-state index in [9.17, 15) is 13.7 Å². The highest BCUT2D eigenvalue weighted by Gasteiger charge is 2.21. The van der Waals surface area contributed by atoms with Crippen LogP contribution < -0.4 is 4.72 Å². The number of nitrogens with one attached hydrogen (secondary N) is 2. The average Bonchev–Trinajstić information content (AvgIpc) is 3.32. The predicted octanol–water partition coefficient (Wildman–Crippen LogP) is 3.06. The Morgan fingerprint density at radius 2 is 2.07 bits per heavy atom. The summed E-state index contributed by atoms with van der Waals surface area (Å²) < 4.78 is 28.1. The number of anilines is 1. The number of fused-ring (bicyclic) bond motifs is 1. The lowest BCUT2D eigenvalue weighted by atomic mass is 10.1. The number of thiazole rings is 1. The fourth-order valence-electron chi connectivity index (χ4n) is 2.73. The Kier molecular flexibility index (Phi) is 4.10. The lowest BCUT2D eigenvalue weighted by Gasteiger charge is -2.08. The quantitative estimate of drug-likeness (QED) is 0.546. The maximum absolute atomic E-state index is 12.8. The highest BCUT2D eigenvalue weighted by molar-refractivity contribution is 7.94. The zero-order valence-electron chi connectivity index (χ0n) is 14.0. The van der Waals surface area contributed by atoms with Crippen LogP contribution in [0.4, 0.5) is 5.69 Å². The van der Waals surface area contributed by atoms with Gasteiger partial charge in [0.25, 0.3) is 10.0 Å². The molecule has 2 N–H and O–H groups in total. The topological polar surface area (TPSA) is 124 Å². The summed E-state index contributed by atoms with van der Waals surface area (Å²) in [4.78, 5) is 7.68. The molecule has 1 aromatic carbocycles. The van der Waals surface area contributed by atoms with Gasteiger partial charge in [0.2, 0.25) is 4.34 Å². The molecule has 4 rings (SSSR count). The Morgan fingerprint density at radius 3 is 2.81 bits per heavy atom. The molecule has 0 saturated carbocycles. The van der Waals surface area contributed by atoms with Gasteiger partial charge in [-0.1, -0.05) is 6.07 Å². The molecule has 0 aliphatic carbocycles. The number of aromatic nitrogens is 4. The van der Waals surface area contributed by atoms with Crippen molar-refractivity contribution in [1.29, 1.82) is 5.26 Å². The van der Waals surface area contributed by atoms with Crippen LogP contribution >= 0.6 is 11.3 Å². The van der Waals surface area contributed by atoms with E-state index in [1.54, 1.807) is 30.6 Å². The van der Waals surface area contributed by atoms with E-state index < -0.39 is 10.0 Å². The summed E-state index contributed by atoms with van der Waals surface area (Å²) in [5.41, 5.74) is 3.01. The number of H-pyrrole nitrogens is 1. The summed E-state index contributed by atoms with van der Waals surface area (Å²) in [5, 5.41) is 17.4. The fraction of sp³-hybridized carbons (Fsp3) is 0.0588. The summed E-state index contributed by atoms with van der Waals surface area (Å²) >= 11 is 1.04. The van der Waals surface area contributed by atoms with Gasteiger partial charge in [-0.3, -0.25) is 4.72 Å². The van der Waals surface area contributed by atoms with Crippen LogP contribution in [-0.4, -0.2) is 28.6 Å². The molecule has 0 amide bonds. The first kappa shape index (κ1) is 17.1. The highest BCUT2D eigenvalue weighted by atomic mass is 32.2. The van der Waals surface area contributed by atoms with Crippen LogP contribution in [0.1, 0.15) is 11.1 Å². The van der Waals surface area contributed by atoms with Crippen molar-refractivity contribution in [2.75, 3.05) is 4.72 Å². The SMILES string of the molecule is Cc1ccc(NS(=O)(=O)c2ncc(-c3ccnnc3)s2)c2[nH]cc(C#N)c12. The summed E-state index contributed by atoms with van der Waals surface area (Å²) in [6, 6.07) is 7.27. The van der Waals surface area contributed by atoms with Crippen molar-refractivity contribution >= 4 is 38.0 Å². The molecule has 3 heterocycles. The van der Waals surface area contributed by atoms with E-state index in [1.165, 1.54) is 12.4 Å². The second-order valence-electron chi connectivity index (χ2n) is 5.72. The first-order valence-electron chi connectivity index (χ1n) is 7.76. The molecule has 27 heavy (non-hydrogen) atoms. The Morgan fingerprint density at radius 1 is 1.22 bits per heavy atom. The molecule has 0 radical (unpaired) electrons. The molecule has 4 aromatic rings. The first-order chi connectivity index (χ1) is 13.0. The Bertz CT molecular complexity index is 1290. The zero-order chi connectivity index (χ0) is 19.0. The second-order valence-corrected chi connectivity index (χ2v) is 8.61. The van der Waals surface area contributed by atoms with Crippen LogP contribution in [0.5, 0.6) is 0 Å². The molecule has 0 spiro atoms. The van der Waals surface area contributed by atoms with Crippen LogP contribution in [-0.2, 0) is 10.0 Å². The standard InChI is InChI=1S/C17H12N6O2S2/c1-10-2-3-13(16-15(10)12(6-18)7-19-16)23-27(24,25)17-20-9-14(26-17)11-4-5-21-22-8-11/h2-5,7-9,19,23H,1H3. The molecule has 0 fully saturated rings. The number of benzene rings is 1. The van der Waals surface area contributed by atoms with Crippen molar-refractivity contribution in [3.8, 4) is 16.5 Å². The van der Waals surface area contributed by atoms with Gasteiger partial charge < -0.3 is 4.98 Å². The minimum Gasteiger partial charge on any atom is -0.358 e. The molecule has 8 nitrogen and oxygen atoms in total. The van der Waals surface area contributed by atoms with Gasteiger partial charge in [0.05, 0.1) is 34.0 Å². The smallest absolute Gasteiger partial charge is 0.289 e. The number of aromatic amines is 1. The molecule has 0 saturated heterocycles. The number of aryl methyl sites for hydroxylation is 1. The van der Waals surface area contributed by atoms with Crippen molar-refractivity contribution < 1.29 is 8.42 Å². The highest BCUT2D eigenvalue weighted by Crippen LogP contribution is 2.32. The summed E-state index contributed by atoms with van der Waals surface area (Å²) in [5.74, 6) is 0. The Balaban J connectivity index is 1.72. The van der Waals surface area contributed by atoms with Gasteiger partial charge in [0.1, 0.15) is 6.07 Å². The monoisotopic (exact) mass is 396 g/mol. The van der Waals surface area contributed by atoms with Crippen LogP contribution in [0.15, 0.2) is 47.3 Å². The lowest BCUT2D eigenvalue weighted by molar-refractivity contribution is 0.600. The normalized spacial score (nSPS) is 11.4. The van der Waals surface area contributed by atoms with Gasteiger partial charge in [0.15, 0.2) is 0 Å². The van der Waals surface area contributed by atoms with Crippen molar-refractivity contribution in [3.05, 3.63) is 54.1 Å². The largest absolute Gasteiger partial charge is 0.358 e. The van der Waals surface area contributed by atoms with Crippen LogP contribution in [0.3, 0.4) is 0 Å². The van der Waals surface area contributed by atoms with Gasteiger partial charge >= 0.3 is 0 Å². The molecule has 134 valence electrons. The number of nitrogens with zero attached hydrogens (tertiary/aromatic N) is 4. The second kappa shape index (κ2) is 6.46. The third-order valence-electron chi connectivity index (χ3n) is 3.99. The van der Waals surface area contributed by atoms with Crippen LogP contribution in [0.2, 0.25) is 0 Å². The van der Waals surface area contributed by atoms with Crippen LogP contribution in [0.25, 0.3) is 21.3 Å². The van der Waals surface area contributed by atoms with Gasteiger partial charge in [-0.25, -0.2) is 4.98 Å². The molecule has 3 aromatic heterocycles. The van der Waals surface area contributed by atoms with E-state index in [0.717, 1.165) is 22.5 Å². The lowest BCUT2D eigenvalue weighted by Crippen LogP contribution is -2.13. The predicted molar refractivity (Wildman–Crippen MR) is 102 cm³/mol. The average molecular weight is 396 g/mol. The zero-order valence-corrected chi connectivity index (χ0v) is 15.6. The Labute approximate surface area is 158 Å². The van der Waals surface area contributed by atoms with Crippen molar-refractivity contribution in [3.63, 3.8) is 0 Å². The maximum Gasteiger partial charge on any atom is 0.289 e. The third-order valence-corrected chi connectivity index (χ3v) is 6.79. The number of hydrogen-bond donors (Lipinski definition) is 2. The summed E-state index contributed by atoms with van der Waals surface area (Å²) in [6.45, 7) is 1.87. The van der Waals surface area contributed by atoms with Gasteiger partial charge in [-0.15, -0.1) is 11.3 Å². The number of sulfonamides is 1. The molecule has 0 aliphatic rings. The van der Waals surface area contributed by atoms with E-state index in [-0.39, 0.29) is 4.34 Å². The minimum atomic E-state index is -3.88. The van der Waals surface area contributed by atoms with E-state index in [1.807, 2.05) is 6.92 Å². The van der Waals surface area contributed by atoms with E-state index in [0.29, 0.717) is 27.0 Å². The van der Waals surface area contributed by atoms with Crippen molar-refractivity contribution in [2.45, 2.75) is 11.3 Å². The maximum atomic E-state index is 12.8. The molecule has 10 heteroatoms. The van der Waals surface area contributed by atoms with Crippen LogP contribution in [0, 0.1) is 18.3 Å². The summed E-state index contributed by atoms with van der Waals surface area (Å²) in [7, 11) is -3.88. The number of nitriles is 1. The van der Waals surface area contributed by atoms with E-state index >= 15 is 0 Å². The molecule has 0 aliphatic heterocycles. The molecule has 0 atom stereocenters. The van der Waals surface area contributed by atoms with Crippen molar-refractivity contribution in [2.24, 2.45) is 0 Å². The van der Waals surface area contributed by atoms with Gasteiger partial charge in [0, 0.05) is 23.3 Å². The van der Waals surface area contributed by atoms with E-state index in [4.69, 9.17) is 0 Å². The molecular weight excluding hydrogens is 384 g/mol. The molecule has 0 bridgehead atoms. The summed E-state index contributed by atoms with van der Waals surface area (Å²) in [6.07, 6.45) is 6.13. The number of hydrogen-bond acceptors (Lipinski definition) is 7. The van der Waals surface area contributed by atoms with Crippen molar-refractivity contribution in [1.82, 2.24) is 20.2 Å².